The van der Waals surface area contributed by atoms with Crippen molar-refractivity contribution in [1.82, 2.24) is 0 Å². The number of anilines is 1. The minimum absolute atomic E-state index is 0.0653. The Kier molecular flexibility index (Phi) is 5.01. The lowest BCUT2D eigenvalue weighted by molar-refractivity contribution is -0.135. The first-order valence-corrected chi connectivity index (χ1v) is 6.02. The molecule has 1 aromatic rings. The van der Waals surface area contributed by atoms with Gasteiger partial charge in [-0.15, -0.1) is 0 Å². The lowest BCUT2D eigenvalue weighted by Crippen LogP contribution is -2.31. The van der Waals surface area contributed by atoms with Crippen molar-refractivity contribution in [2.75, 3.05) is 18.0 Å². The summed E-state index contributed by atoms with van der Waals surface area (Å²) in [5.74, 6) is -0.203. The van der Waals surface area contributed by atoms with Gasteiger partial charge in [0, 0.05) is 12.2 Å². The number of carboxylic acids is 1. The molecule has 0 saturated heterocycles. The topological polar surface area (TPSA) is 40.5 Å². The molecule has 0 amide bonds. The van der Waals surface area contributed by atoms with Crippen molar-refractivity contribution in [3.8, 4) is 0 Å². The maximum absolute atomic E-state index is 10.9. The Balaban J connectivity index is 2.74. The molecule has 0 aliphatic heterocycles. The summed E-state index contributed by atoms with van der Waals surface area (Å²) in [5, 5.41) is 8.92. The van der Waals surface area contributed by atoms with Crippen molar-refractivity contribution >= 4 is 11.7 Å². The lowest BCUT2D eigenvalue weighted by Gasteiger charge is -2.23. The smallest absolute Gasteiger partial charge is 0.323 e. The molecule has 1 aromatic carbocycles. The summed E-state index contributed by atoms with van der Waals surface area (Å²) in [6, 6.07) is 8.00. The Hall–Kier alpha value is -1.51. The van der Waals surface area contributed by atoms with E-state index in [0.717, 1.165) is 18.7 Å². The summed E-state index contributed by atoms with van der Waals surface area (Å²) in [6.45, 7) is 7.17. The van der Waals surface area contributed by atoms with E-state index < -0.39 is 5.97 Å². The molecule has 3 heteroatoms. The quantitative estimate of drug-likeness (QED) is 0.824. The van der Waals surface area contributed by atoms with E-state index in [4.69, 9.17) is 5.11 Å². The van der Waals surface area contributed by atoms with E-state index in [-0.39, 0.29) is 6.54 Å². The van der Waals surface area contributed by atoms with E-state index in [9.17, 15) is 4.79 Å². The Labute approximate surface area is 103 Å². The maximum atomic E-state index is 10.9. The molecule has 0 aliphatic rings. The third-order valence-corrected chi connectivity index (χ3v) is 2.70. The first-order valence-electron chi connectivity index (χ1n) is 6.02. The largest absolute Gasteiger partial charge is 0.480 e. The Morgan fingerprint density at radius 2 is 1.88 bits per heavy atom. The zero-order chi connectivity index (χ0) is 12.8. The SMILES string of the molecule is Cc1ccc(N(CCC(C)C)CC(=O)O)cc1. The molecule has 0 unspecified atom stereocenters. The second-order valence-corrected chi connectivity index (χ2v) is 4.83. The number of carbonyl (C=O) groups is 1. The number of aliphatic carboxylic acids is 1. The van der Waals surface area contributed by atoms with Crippen LogP contribution in [0, 0.1) is 12.8 Å². The number of rotatable bonds is 6. The van der Waals surface area contributed by atoms with E-state index in [2.05, 4.69) is 13.8 Å². The zero-order valence-corrected chi connectivity index (χ0v) is 10.8. The van der Waals surface area contributed by atoms with Gasteiger partial charge >= 0.3 is 5.97 Å². The predicted molar refractivity (Wildman–Crippen MR) is 70.5 cm³/mol. The van der Waals surface area contributed by atoms with Crippen molar-refractivity contribution in [3.05, 3.63) is 29.8 Å². The van der Waals surface area contributed by atoms with Gasteiger partial charge in [-0.1, -0.05) is 31.5 Å². The van der Waals surface area contributed by atoms with Crippen LogP contribution >= 0.6 is 0 Å². The van der Waals surface area contributed by atoms with Gasteiger partial charge in [-0.25, -0.2) is 0 Å². The fourth-order valence-electron chi connectivity index (χ4n) is 1.63. The fraction of sp³-hybridized carbons (Fsp3) is 0.500. The number of benzene rings is 1. The van der Waals surface area contributed by atoms with Gasteiger partial charge < -0.3 is 10.0 Å². The second-order valence-electron chi connectivity index (χ2n) is 4.83. The summed E-state index contributed by atoms with van der Waals surface area (Å²) in [5.41, 5.74) is 2.17. The summed E-state index contributed by atoms with van der Waals surface area (Å²) in [4.78, 5) is 12.8. The molecule has 0 radical (unpaired) electrons. The molecule has 0 aliphatic carbocycles. The Bertz CT molecular complexity index is 357. The van der Waals surface area contributed by atoms with E-state index >= 15 is 0 Å². The van der Waals surface area contributed by atoms with E-state index in [1.165, 1.54) is 5.56 Å². The van der Waals surface area contributed by atoms with Crippen LogP contribution in [-0.2, 0) is 4.79 Å². The van der Waals surface area contributed by atoms with E-state index in [1.54, 1.807) is 0 Å². The van der Waals surface area contributed by atoms with Crippen LogP contribution < -0.4 is 4.90 Å². The third kappa shape index (κ3) is 4.89. The van der Waals surface area contributed by atoms with Crippen molar-refractivity contribution < 1.29 is 9.90 Å². The second kappa shape index (κ2) is 6.28. The molecule has 3 nitrogen and oxygen atoms in total. The molecule has 0 bridgehead atoms. The van der Waals surface area contributed by atoms with Crippen molar-refractivity contribution in [1.29, 1.82) is 0 Å². The summed E-state index contributed by atoms with van der Waals surface area (Å²) < 4.78 is 0. The highest BCUT2D eigenvalue weighted by Crippen LogP contribution is 2.16. The molecule has 0 fully saturated rings. The molecular weight excluding hydrogens is 214 g/mol. The highest BCUT2D eigenvalue weighted by molar-refractivity contribution is 5.73. The highest BCUT2D eigenvalue weighted by atomic mass is 16.4. The minimum Gasteiger partial charge on any atom is -0.480 e. The average Bonchev–Trinajstić information content (AvgIpc) is 2.25. The van der Waals surface area contributed by atoms with Gasteiger partial charge in [0.2, 0.25) is 0 Å². The Morgan fingerprint density at radius 1 is 1.29 bits per heavy atom. The molecule has 0 spiro atoms. The van der Waals surface area contributed by atoms with Gasteiger partial charge in [-0.2, -0.15) is 0 Å². The molecule has 17 heavy (non-hydrogen) atoms. The Morgan fingerprint density at radius 3 is 2.35 bits per heavy atom. The normalized spacial score (nSPS) is 10.6. The van der Waals surface area contributed by atoms with Crippen molar-refractivity contribution in [3.63, 3.8) is 0 Å². The first-order chi connectivity index (χ1) is 7.99. The van der Waals surface area contributed by atoms with E-state index in [1.807, 2.05) is 36.1 Å². The monoisotopic (exact) mass is 235 g/mol. The molecule has 1 rings (SSSR count). The average molecular weight is 235 g/mol. The van der Waals surface area contributed by atoms with Crippen LogP contribution in [0.3, 0.4) is 0 Å². The van der Waals surface area contributed by atoms with Crippen LogP contribution in [0.5, 0.6) is 0 Å². The molecule has 94 valence electrons. The number of aryl methyl sites for hydroxylation is 1. The molecule has 0 aromatic heterocycles. The number of nitrogens with zero attached hydrogens (tertiary/aromatic N) is 1. The molecule has 1 N–H and O–H groups in total. The van der Waals surface area contributed by atoms with Gasteiger partial charge in [0.1, 0.15) is 6.54 Å². The van der Waals surface area contributed by atoms with Crippen LogP contribution in [-0.4, -0.2) is 24.2 Å². The number of carboxylic acid groups (broad SMARTS) is 1. The van der Waals surface area contributed by atoms with E-state index in [0.29, 0.717) is 5.92 Å². The standard InChI is InChI=1S/C14H21NO2/c1-11(2)8-9-15(10-14(16)17)13-6-4-12(3)5-7-13/h4-7,11H,8-10H2,1-3H3,(H,16,17). The van der Waals surface area contributed by atoms with Crippen LogP contribution in [0.4, 0.5) is 5.69 Å². The molecule has 0 heterocycles. The van der Waals surface area contributed by atoms with Gasteiger partial charge in [-0.05, 0) is 31.4 Å². The highest BCUT2D eigenvalue weighted by Gasteiger charge is 2.10. The fourth-order valence-corrected chi connectivity index (χ4v) is 1.63. The van der Waals surface area contributed by atoms with Crippen LogP contribution in [0.2, 0.25) is 0 Å². The summed E-state index contributed by atoms with van der Waals surface area (Å²) in [7, 11) is 0. The molecule has 0 saturated carbocycles. The lowest BCUT2D eigenvalue weighted by atomic mass is 10.1. The molecular formula is C14H21NO2. The predicted octanol–water partition coefficient (Wildman–Crippen LogP) is 2.93. The van der Waals surface area contributed by atoms with Gasteiger partial charge in [0.15, 0.2) is 0 Å². The summed E-state index contributed by atoms with van der Waals surface area (Å²) >= 11 is 0. The van der Waals surface area contributed by atoms with Gasteiger partial charge in [0.25, 0.3) is 0 Å². The third-order valence-electron chi connectivity index (χ3n) is 2.70. The van der Waals surface area contributed by atoms with Crippen molar-refractivity contribution in [2.45, 2.75) is 27.2 Å². The number of hydrogen-bond acceptors (Lipinski definition) is 2. The van der Waals surface area contributed by atoms with Gasteiger partial charge in [0.05, 0.1) is 0 Å². The number of hydrogen-bond donors (Lipinski definition) is 1. The first kappa shape index (κ1) is 13.6. The van der Waals surface area contributed by atoms with Crippen LogP contribution in [0.15, 0.2) is 24.3 Å². The maximum Gasteiger partial charge on any atom is 0.323 e. The van der Waals surface area contributed by atoms with Crippen LogP contribution in [0.25, 0.3) is 0 Å². The van der Waals surface area contributed by atoms with Crippen molar-refractivity contribution in [2.24, 2.45) is 5.92 Å². The summed E-state index contributed by atoms with van der Waals surface area (Å²) in [6.07, 6.45) is 1.00. The van der Waals surface area contributed by atoms with Gasteiger partial charge in [-0.3, -0.25) is 4.79 Å². The minimum atomic E-state index is -0.783. The zero-order valence-electron chi connectivity index (χ0n) is 10.8. The molecule has 0 atom stereocenters. The van der Waals surface area contributed by atoms with Crippen LogP contribution in [0.1, 0.15) is 25.8 Å².